The number of amides is 4. The fourth-order valence-electron chi connectivity index (χ4n) is 9.74. The summed E-state index contributed by atoms with van der Waals surface area (Å²) in [5.41, 5.74) is 5.37. The molecule has 0 aromatic heterocycles. The van der Waals surface area contributed by atoms with E-state index in [9.17, 15) is 24.0 Å². The van der Waals surface area contributed by atoms with Crippen molar-refractivity contribution < 1.29 is 28.7 Å². The van der Waals surface area contributed by atoms with Gasteiger partial charge in [0.15, 0.2) is 0 Å². The number of imide groups is 2. The Balaban J connectivity index is 1.43. The van der Waals surface area contributed by atoms with Crippen LogP contribution < -0.4 is 14.5 Å². The molecule has 240 valence electrons. The predicted molar refractivity (Wildman–Crippen MR) is 177 cm³/mol. The minimum atomic E-state index is -1.50. The third-order valence-electron chi connectivity index (χ3n) is 11.1. The third-order valence-corrected chi connectivity index (χ3v) is 11.1. The van der Waals surface area contributed by atoms with Crippen LogP contribution >= 0.6 is 0 Å². The van der Waals surface area contributed by atoms with E-state index in [4.69, 9.17) is 4.74 Å². The predicted octanol–water partition coefficient (Wildman–Crippen LogP) is 6.02. The van der Waals surface area contributed by atoms with Gasteiger partial charge in [-0.2, -0.15) is 0 Å². The van der Waals surface area contributed by atoms with Crippen molar-refractivity contribution in [1.82, 2.24) is 0 Å². The maximum absolute atomic E-state index is 14.8. The fraction of sp³-hybridized carbons (Fsp3) is 0.359. The van der Waals surface area contributed by atoms with E-state index in [0.717, 1.165) is 33.4 Å². The highest BCUT2D eigenvalue weighted by Crippen LogP contribution is 2.69. The van der Waals surface area contributed by atoms with Crippen molar-refractivity contribution in [1.29, 1.82) is 0 Å². The Morgan fingerprint density at radius 1 is 0.617 bits per heavy atom. The average molecular weight is 631 g/mol. The molecule has 2 aliphatic heterocycles. The van der Waals surface area contributed by atoms with Crippen LogP contribution in [0.15, 0.2) is 65.7 Å². The van der Waals surface area contributed by atoms with Gasteiger partial charge in [-0.15, -0.1) is 0 Å². The highest BCUT2D eigenvalue weighted by Gasteiger charge is 2.77. The number of hydrogen-bond donors (Lipinski definition) is 0. The summed E-state index contributed by atoms with van der Waals surface area (Å²) in [6.45, 7) is 14.9. The second-order valence-electron chi connectivity index (χ2n) is 14.1. The summed E-state index contributed by atoms with van der Waals surface area (Å²) in [4.78, 5) is 75.5. The molecule has 3 aromatic rings. The van der Waals surface area contributed by atoms with Crippen molar-refractivity contribution in [2.45, 2.75) is 55.4 Å². The Kier molecular flexibility index (Phi) is 6.76. The van der Waals surface area contributed by atoms with Gasteiger partial charge in [0.05, 0.1) is 35.0 Å². The molecule has 2 heterocycles. The summed E-state index contributed by atoms with van der Waals surface area (Å²) in [7, 11) is 0. The molecule has 8 heteroatoms. The molecule has 3 unspecified atom stereocenters. The van der Waals surface area contributed by atoms with Crippen LogP contribution in [-0.4, -0.2) is 29.6 Å². The smallest absolute Gasteiger partial charge is 0.339 e. The van der Waals surface area contributed by atoms with E-state index in [2.05, 4.69) is 0 Å². The van der Waals surface area contributed by atoms with Crippen LogP contribution in [0.3, 0.4) is 0 Å². The van der Waals surface area contributed by atoms with E-state index in [0.29, 0.717) is 22.7 Å². The molecule has 2 bridgehead atoms. The standard InChI is InChI=1S/C39H38N2O6/c1-18-14-20(3)32(21(4)15-18)40-34(42)27-26-24(7)29(38(46)47-25-12-10-9-11-13-25)39(8,30(27)36(40)44)31-28(26)35(43)41(37(31)45)33-22(5)16-19(2)17-23(33)6/h9-17,26-28,30-31H,1-8H3/t26?,27-,28-,30-,31?,39?/m1/s1. The van der Waals surface area contributed by atoms with Crippen LogP contribution in [0.5, 0.6) is 5.75 Å². The van der Waals surface area contributed by atoms with Crippen molar-refractivity contribution >= 4 is 41.0 Å². The summed E-state index contributed by atoms with van der Waals surface area (Å²) in [5, 5.41) is 0. The molecule has 0 radical (unpaired) electrons. The van der Waals surface area contributed by atoms with Crippen LogP contribution in [0.1, 0.15) is 47.2 Å². The van der Waals surface area contributed by atoms with Crippen molar-refractivity contribution in [3.63, 3.8) is 0 Å². The first-order valence-corrected chi connectivity index (χ1v) is 16.1. The number of ether oxygens (including phenoxy) is 1. The molecule has 8 nitrogen and oxygen atoms in total. The van der Waals surface area contributed by atoms with E-state index in [1.54, 1.807) is 44.2 Å². The first kappa shape index (κ1) is 30.8. The summed E-state index contributed by atoms with van der Waals surface area (Å²) in [5.74, 6) is -6.84. The van der Waals surface area contributed by atoms with Crippen LogP contribution in [0.25, 0.3) is 0 Å². The number of carbonyl (C=O) groups is 5. The molecule has 3 aliphatic carbocycles. The minimum Gasteiger partial charge on any atom is -0.423 e. The molecule has 1 saturated carbocycles. The largest absolute Gasteiger partial charge is 0.423 e. The highest BCUT2D eigenvalue weighted by atomic mass is 16.5. The second-order valence-corrected chi connectivity index (χ2v) is 14.1. The van der Waals surface area contributed by atoms with Crippen molar-refractivity contribution in [2.75, 3.05) is 9.80 Å². The topological polar surface area (TPSA) is 101 Å². The molecule has 8 rings (SSSR count). The third kappa shape index (κ3) is 4.03. The van der Waals surface area contributed by atoms with E-state index in [1.807, 2.05) is 65.8 Å². The lowest BCUT2D eigenvalue weighted by Gasteiger charge is -2.55. The van der Waals surface area contributed by atoms with Crippen LogP contribution in [0.2, 0.25) is 0 Å². The molecule has 6 atom stereocenters. The first-order valence-electron chi connectivity index (χ1n) is 16.1. The molecule has 0 spiro atoms. The van der Waals surface area contributed by atoms with Gasteiger partial charge < -0.3 is 4.74 Å². The molecular weight excluding hydrogens is 592 g/mol. The molecular formula is C39H38N2O6. The summed E-state index contributed by atoms with van der Waals surface area (Å²) in [6.07, 6.45) is 0. The zero-order valence-corrected chi connectivity index (χ0v) is 27.9. The van der Waals surface area contributed by atoms with Gasteiger partial charge in [-0.25, -0.2) is 14.6 Å². The normalized spacial score (nSPS) is 28.0. The number of para-hydroxylation sites is 1. The first-order chi connectivity index (χ1) is 22.2. The number of nitrogens with zero attached hydrogens (tertiary/aromatic N) is 2. The number of benzene rings is 3. The second kappa shape index (κ2) is 10.3. The number of aryl methyl sites for hydroxylation is 6. The molecule has 3 fully saturated rings. The van der Waals surface area contributed by atoms with E-state index >= 15 is 0 Å². The maximum Gasteiger partial charge on any atom is 0.339 e. The highest BCUT2D eigenvalue weighted by molar-refractivity contribution is 6.28. The monoisotopic (exact) mass is 630 g/mol. The molecule has 0 N–H and O–H groups in total. The van der Waals surface area contributed by atoms with E-state index in [-0.39, 0.29) is 5.57 Å². The van der Waals surface area contributed by atoms with Gasteiger partial charge in [-0.3, -0.25) is 19.2 Å². The SMILES string of the molecule is CC1=C(C(=O)Oc2ccccc2)C2(C)C3C(=O)N(c4c(C)cc(C)cc4C)C(=O)[C@@H]3C1[C@H]1C(=O)N(c3c(C)cc(C)cc3C)C(=O)[C@@H]12. The quantitative estimate of drug-likeness (QED) is 0.199. The Morgan fingerprint density at radius 2 is 1.02 bits per heavy atom. The molecule has 2 saturated heterocycles. The number of carbonyl (C=O) groups excluding carboxylic acids is 5. The Bertz CT molecular complexity index is 1840. The lowest BCUT2D eigenvalue weighted by Crippen LogP contribution is -2.61. The summed E-state index contributed by atoms with van der Waals surface area (Å²) in [6, 6.07) is 16.3. The molecule has 4 amide bonds. The lowest BCUT2D eigenvalue weighted by molar-refractivity contribution is -0.152. The van der Waals surface area contributed by atoms with Gasteiger partial charge in [0.2, 0.25) is 23.6 Å². The summed E-state index contributed by atoms with van der Waals surface area (Å²) < 4.78 is 5.87. The number of esters is 1. The maximum atomic E-state index is 14.8. The zero-order chi connectivity index (χ0) is 33.9. The van der Waals surface area contributed by atoms with Crippen LogP contribution in [0.4, 0.5) is 11.4 Å². The molecule has 5 aliphatic rings. The van der Waals surface area contributed by atoms with Gasteiger partial charge in [0.25, 0.3) is 0 Å². The molecule has 47 heavy (non-hydrogen) atoms. The average Bonchev–Trinajstić information content (AvgIpc) is 3.39. The van der Waals surface area contributed by atoms with Gasteiger partial charge in [-0.05, 0) is 82.9 Å². The zero-order valence-electron chi connectivity index (χ0n) is 27.9. The van der Waals surface area contributed by atoms with Gasteiger partial charge in [0.1, 0.15) is 5.75 Å². The van der Waals surface area contributed by atoms with E-state index in [1.165, 1.54) is 9.80 Å². The van der Waals surface area contributed by atoms with Gasteiger partial charge in [-0.1, -0.05) is 66.1 Å². The minimum absolute atomic E-state index is 0.203. The number of rotatable bonds is 4. The van der Waals surface area contributed by atoms with Gasteiger partial charge >= 0.3 is 5.97 Å². The number of hydrogen-bond acceptors (Lipinski definition) is 6. The Labute approximate surface area is 274 Å². The van der Waals surface area contributed by atoms with Crippen molar-refractivity contribution in [3.8, 4) is 5.75 Å². The number of allylic oxidation sites excluding steroid dienone is 1. The van der Waals surface area contributed by atoms with Crippen LogP contribution in [-0.2, 0) is 24.0 Å². The molecule has 3 aromatic carbocycles. The van der Waals surface area contributed by atoms with Crippen LogP contribution in [0, 0.1) is 76.5 Å². The number of anilines is 2. The van der Waals surface area contributed by atoms with Crippen molar-refractivity contribution in [2.24, 2.45) is 35.0 Å². The fourth-order valence-corrected chi connectivity index (χ4v) is 9.74. The van der Waals surface area contributed by atoms with Gasteiger partial charge in [0, 0.05) is 16.9 Å². The Hall–Kier alpha value is -4.85. The van der Waals surface area contributed by atoms with Crippen molar-refractivity contribution in [3.05, 3.63) is 99.1 Å². The Morgan fingerprint density at radius 3 is 1.43 bits per heavy atom. The lowest BCUT2D eigenvalue weighted by atomic mass is 9.43. The summed E-state index contributed by atoms with van der Waals surface area (Å²) >= 11 is 0. The van der Waals surface area contributed by atoms with E-state index < -0.39 is 64.6 Å².